The molecule has 116 valence electrons. The van der Waals surface area contributed by atoms with Crippen LogP contribution in [-0.4, -0.2) is 53.9 Å². The van der Waals surface area contributed by atoms with Crippen LogP contribution in [0.2, 0.25) is 5.02 Å². The van der Waals surface area contributed by atoms with Crippen LogP contribution in [0.3, 0.4) is 0 Å². The Morgan fingerprint density at radius 2 is 2.10 bits per heavy atom. The topological polar surface area (TPSA) is 74.5 Å². The van der Waals surface area contributed by atoms with Gasteiger partial charge in [-0.3, -0.25) is 4.79 Å². The van der Waals surface area contributed by atoms with Gasteiger partial charge < -0.3 is 15.2 Å². The summed E-state index contributed by atoms with van der Waals surface area (Å²) in [5.41, 5.74) is 2.72. The largest absolute Gasteiger partial charge is 0.338 e. The van der Waals surface area contributed by atoms with Crippen LogP contribution in [0.4, 0.5) is 5.82 Å². The molecule has 1 heterocycles. The van der Waals surface area contributed by atoms with E-state index >= 15 is 0 Å². The molecule has 1 aromatic heterocycles. The van der Waals surface area contributed by atoms with Gasteiger partial charge in [0.2, 0.25) is 0 Å². The third-order valence-corrected chi connectivity index (χ3v) is 4.61. The number of amides is 1. The quantitative estimate of drug-likeness (QED) is 0.638. The standard InChI is InChI=1S/C14H22ClN5O/c1-19(2)14(7-4-8-14)9-20(3)13(21)12-10(15)5-6-11(17-12)18-16/h5-6H,4,7-9,16H2,1-3H3,(H,17,18). The van der Waals surface area contributed by atoms with Crippen LogP contribution < -0.4 is 11.3 Å². The van der Waals surface area contributed by atoms with Gasteiger partial charge in [-0.2, -0.15) is 0 Å². The molecule has 1 aliphatic carbocycles. The highest BCUT2D eigenvalue weighted by molar-refractivity contribution is 6.33. The van der Waals surface area contributed by atoms with E-state index in [2.05, 4.69) is 29.4 Å². The van der Waals surface area contributed by atoms with Crippen LogP contribution in [0, 0.1) is 0 Å². The van der Waals surface area contributed by atoms with Crippen LogP contribution in [0.15, 0.2) is 12.1 Å². The third-order valence-electron chi connectivity index (χ3n) is 4.31. The average Bonchev–Trinajstić information content (AvgIpc) is 2.42. The van der Waals surface area contributed by atoms with Crippen LogP contribution in [0.5, 0.6) is 0 Å². The van der Waals surface area contributed by atoms with E-state index in [1.54, 1.807) is 24.1 Å². The lowest BCUT2D eigenvalue weighted by atomic mass is 9.75. The summed E-state index contributed by atoms with van der Waals surface area (Å²) in [7, 11) is 5.90. The molecule has 0 aliphatic heterocycles. The van der Waals surface area contributed by atoms with Crippen molar-refractivity contribution in [1.29, 1.82) is 0 Å². The number of nitrogen functional groups attached to an aromatic ring is 1. The molecule has 0 unspecified atom stereocenters. The van der Waals surface area contributed by atoms with Crippen LogP contribution in [0.1, 0.15) is 29.8 Å². The Balaban J connectivity index is 2.16. The van der Waals surface area contributed by atoms with Crippen LogP contribution in [-0.2, 0) is 0 Å². The highest BCUT2D eigenvalue weighted by Crippen LogP contribution is 2.36. The summed E-state index contributed by atoms with van der Waals surface area (Å²) < 4.78 is 0. The maximum Gasteiger partial charge on any atom is 0.273 e. The Labute approximate surface area is 130 Å². The Hall–Kier alpha value is -1.37. The molecule has 0 radical (unpaired) electrons. The van der Waals surface area contributed by atoms with Crippen molar-refractivity contribution < 1.29 is 4.79 Å². The van der Waals surface area contributed by atoms with E-state index in [4.69, 9.17) is 17.4 Å². The highest BCUT2D eigenvalue weighted by Gasteiger charge is 2.41. The number of halogens is 1. The van der Waals surface area contributed by atoms with Crippen LogP contribution in [0.25, 0.3) is 0 Å². The summed E-state index contributed by atoms with van der Waals surface area (Å²) in [5, 5.41) is 0.332. The summed E-state index contributed by atoms with van der Waals surface area (Å²) in [5.74, 6) is 5.56. The first-order valence-electron chi connectivity index (χ1n) is 6.96. The summed E-state index contributed by atoms with van der Waals surface area (Å²) in [6.07, 6.45) is 3.40. The van der Waals surface area contributed by atoms with E-state index in [1.165, 1.54) is 6.42 Å². The zero-order valence-corrected chi connectivity index (χ0v) is 13.4. The fraction of sp³-hybridized carbons (Fsp3) is 0.571. The van der Waals surface area contributed by atoms with Crippen molar-refractivity contribution in [2.24, 2.45) is 5.84 Å². The van der Waals surface area contributed by atoms with E-state index in [-0.39, 0.29) is 17.1 Å². The average molecular weight is 312 g/mol. The van der Waals surface area contributed by atoms with E-state index in [0.29, 0.717) is 17.4 Å². The molecule has 2 rings (SSSR count). The Morgan fingerprint density at radius 3 is 2.57 bits per heavy atom. The number of aromatic nitrogens is 1. The predicted molar refractivity (Wildman–Crippen MR) is 84.3 cm³/mol. The number of rotatable bonds is 5. The second kappa shape index (κ2) is 6.17. The molecule has 3 N–H and O–H groups in total. The first kappa shape index (κ1) is 16.0. The lowest BCUT2D eigenvalue weighted by Crippen LogP contribution is -2.57. The monoisotopic (exact) mass is 311 g/mol. The Morgan fingerprint density at radius 1 is 1.43 bits per heavy atom. The minimum atomic E-state index is -0.190. The lowest BCUT2D eigenvalue weighted by Gasteiger charge is -2.49. The van der Waals surface area contributed by atoms with Crippen molar-refractivity contribution in [3.05, 3.63) is 22.8 Å². The Kier molecular flexibility index (Phi) is 4.70. The van der Waals surface area contributed by atoms with E-state index < -0.39 is 0 Å². The summed E-state index contributed by atoms with van der Waals surface area (Å²) in [4.78, 5) is 20.6. The molecule has 21 heavy (non-hydrogen) atoms. The molecule has 0 aromatic carbocycles. The van der Waals surface area contributed by atoms with Gasteiger partial charge in [-0.1, -0.05) is 11.6 Å². The van der Waals surface area contributed by atoms with E-state index in [0.717, 1.165) is 12.8 Å². The van der Waals surface area contributed by atoms with Gasteiger partial charge in [0, 0.05) is 19.1 Å². The molecule has 0 saturated heterocycles. The number of anilines is 1. The summed E-state index contributed by atoms with van der Waals surface area (Å²) in [6.45, 7) is 0.664. The van der Waals surface area contributed by atoms with Crippen molar-refractivity contribution in [1.82, 2.24) is 14.8 Å². The third kappa shape index (κ3) is 3.12. The first-order chi connectivity index (χ1) is 9.89. The zero-order valence-electron chi connectivity index (χ0n) is 12.7. The number of likely N-dealkylation sites (N-methyl/N-ethyl adjacent to an activating group) is 2. The molecule has 7 heteroatoms. The normalized spacial score (nSPS) is 16.5. The molecule has 1 saturated carbocycles. The summed E-state index contributed by atoms with van der Waals surface area (Å²) >= 11 is 6.08. The minimum Gasteiger partial charge on any atom is -0.338 e. The van der Waals surface area contributed by atoms with Gasteiger partial charge in [0.05, 0.1) is 5.02 Å². The van der Waals surface area contributed by atoms with E-state index in [9.17, 15) is 4.79 Å². The fourth-order valence-electron chi connectivity index (χ4n) is 2.70. The molecule has 1 aromatic rings. The number of hydrogen-bond donors (Lipinski definition) is 2. The van der Waals surface area contributed by atoms with Gasteiger partial charge in [0.1, 0.15) is 11.5 Å². The van der Waals surface area contributed by atoms with Gasteiger partial charge in [0.15, 0.2) is 0 Å². The van der Waals surface area contributed by atoms with Crippen molar-refractivity contribution in [3.63, 3.8) is 0 Å². The number of nitrogens with two attached hydrogens (primary N) is 1. The van der Waals surface area contributed by atoms with Crippen molar-refractivity contribution in [2.45, 2.75) is 24.8 Å². The number of hydrazine groups is 1. The van der Waals surface area contributed by atoms with Gasteiger partial charge in [-0.05, 0) is 45.5 Å². The number of carbonyl (C=O) groups is 1. The first-order valence-corrected chi connectivity index (χ1v) is 7.33. The molecule has 0 spiro atoms. The van der Waals surface area contributed by atoms with Crippen LogP contribution >= 0.6 is 11.6 Å². The molecule has 0 atom stereocenters. The van der Waals surface area contributed by atoms with Gasteiger partial charge in [-0.25, -0.2) is 10.8 Å². The zero-order chi connectivity index (χ0) is 15.6. The molecular formula is C14H22ClN5O. The second-order valence-electron chi connectivity index (χ2n) is 5.80. The smallest absolute Gasteiger partial charge is 0.273 e. The number of hydrogen-bond acceptors (Lipinski definition) is 5. The maximum atomic E-state index is 12.6. The van der Waals surface area contributed by atoms with Gasteiger partial charge >= 0.3 is 0 Å². The number of nitrogens with zero attached hydrogens (tertiary/aromatic N) is 3. The SMILES string of the molecule is CN(CC1(N(C)C)CCC1)C(=O)c1nc(NN)ccc1Cl. The molecule has 1 amide bonds. The van der Waals surface area contributed by atoms with Crippen molar-refractivity contribution in [2.75, 3.05) is 33.1 Å². The molecule has 0 bridgehead atoms. The van der Waals surface area contributed by atoms with Gasteiger partial charge in [-0.15, -0.1) is 0 Å². The van der Waals surface area contributed by atoms with Gasteiger partial charge in [0.25, 0.3) is 5.91 Å². The molecule has 1 fully saturated rings. The number of carbonyl (C=O) groups excluding carboxylic acids is 1. The molecule has 1 aliphatic rings. The lowest BCUT2D eigenvalue weighted by molar-refractivity contribution is 0.0250. The number of nitrogens with one attached hydrogen (secondary N) is 1. The summed E-state index contributed by atoms with van der Waals surface area (Å²) in [6, 6.07) is 3.25. The van der Waals surface area contributed by atoms with Crippen molar-refractivity contribution in [3.8, 4) is 0 Å². The molecular weight excluding hydrogens is 290 g/mol. The number of pyridine rings is 1. The fourth-order valence-corrected chi connectivity index (χ4v) is 2.88. The minimum absolute atomic E-state index is 0.0701. The van der Waals surface area contributed by atoms with E-state index in [1.807, 2.05) is 0 Å². The Bertz CT molecular complexity index is 530. The highest BCUT2D eigenvalue weighted by atomic mass is 35.5. The second-order valence-corrected chi connectivity index (χ2v) is 6.21. The maximum absolute atomic E-state index is 12.6. The molecule has 6 nitrogen and oxygen atoms in total. The predicted octanol–water partition coefficient (Wildman–Crippen LogP) is 1.58. The van der Waals surface area contributed by atoms with Crippen molar-refractivity contribution >= 4 is 23.3 Å².